The molecule has 3 rings (SSSR count). The lowest BCUT2D eigenvalue weighted by atomic mass is 10.1. The second-order valence-electron chi connectivity index (χ2n) is 5.52. The molecule has 0 radical (unpaired) electrons. The van der Waals surface area contributed by atoms with E-state index in [2.05, 4.69) is 9.71 Å². The first kappa shape index (κ1) is 16.8. The molecule has 1 aromatic heterocycles. The number of nitrogens with zero attached hydrogens (tertiary/aromatic N) is 2. The average Bonchev–Trinajstić information content (AvgIpc) is 2.55. The molecule has 1 unspecified atom stereocenters. The summed E-state index contributed by atoms with van der Waals surface area (Å²) in [4.78, 5) is 4.16. The number of halogens is 1. The predicted octanol–water partition coefficient (Wildman–Crippen LogP) is 2.26. The SMILES string of the molecule is Cc1cccc(NS(=O)(=O)N2CCOCC2c2ccc(F)cc2)n1. The van der Waals surface area contributed by atoms with Gasteiger partial charge in [0.25, 0.3) is 0 Å². The summed E-state index contributed by atoms with van der Waals surface area (Å²) in [6.45, 7) is 2.52. The molecule has 1 aliphatic rings. The van der Waals surface area contributed by atoms with E-state index in [1.54, 1.807) is 37.3 Å². The van der Waals surface area contributed by atoms with Crippen molar-refractivity contribution in [2.45, 2.75) is 13.0 Å². The molecule has 6 nitrogen and oxygen atoms in total. The summed E-state index contributed by atoms with van der Waals surface area (Å²) in [7, 11) is -3.81. The number of ether oxygens (including phenoxy) is 1. The molecule has 0 bridgehead atoms. The van der Waals surface area contributed by atoms with Crippen molar-refractivity contribution in [2.24, 2.45) is 0 Å². The largest absolute Gasteiger partial charge is 0.378 e. The fourth-order valence-corrected chi connectivity index (χ4v) is 3.94. The number of benzene rings is 1. The third kappa shape index (κ3) is 3.72. The van der Waals surface area contributed by atoms with Gasteiger partial charge in [-0.1, -0.05) is 18.2 Å². The molecule has 1 N–H and O–H groups in total. The molecule has 0 spiro atoms. The number of aromatic nitrogens is 1. The molecule has 0 saturated carbocycles. The quantitative estimate of drug-likeness (QED) is 0.917. The van der Waals surface area contributed by atoms with Crippen molar-refractivity contribution in [3.63, 3.8) is 0 Å². The van der Waals surface area contributed by atoms with Gasteiger partial charge in [-0.05, 0) is 36.8 Å². The molecule has 1 saturated heterocycles. The molecule has 0 aliphatic carbocycles. The maximum absolute atomic E-state index is 13.1. The molecule has 128 valence electrons. The van der Waals surface area contributed by atoms with E-state index in [4.69, 9.17) is 4.74 Å². The number of nitrogens with one attached hydrogen (secondary N) is 1. The highest BCUT2D eigenvalue weighted by Crippen LogP contribution is 2.27. The van der Waals surface area contributed by atoms with Gasteiger partial charge in [0, 0.05) is 12.2 Å². The van der Waals surface area contributed by atoms with Crippen LogP contribution < -0.4 is 4.72 Å². The van der Waals surface area contributed by atoms with Crippen LogP contribution in [0.5, 0.6) is 0 Å². The van der Waals surface area contributed by atoms with E-state index in [0.717, 1.165) is 0 Å². The minimum absolute atomic E-state index is 0.212. The van der Waals surface area contributed by atoms with E-state index in [-0.39, 0.29) is 24.8 Å². The predicted molar refractivity (Wildman–Crippen MR) is 88.2 cm³/mol. The van der Waals surface area contributed by atoms with Crippen LogP contribution >= 0.6 is 0 Å². The Morgan fingerprint density at radius 1 is 1.25 bits per heavy atom. The molecule has 2 heterocycles. The maximum atomic E-state index is 13.1. The van der Waals surface area contributed by atoms with Gasteiger partial charge in [-0.2, -0.15) is 12.7 Å². The fourth-order valence-electron chi connectivity index (χ4n) is 2.61. The zero-order chi connectivity index (χ0) is 17.2. The van der Waals surface area contributed by atoms with Crippen molar-refractivity contribution >= 4 is 16.0 Å². The highest BCUT2D eigenvalue weighted by Gasteiger charge is 2.34. The summed E-state index contributed by atoms with van der Waals surface area (Å²) in [6.07, 6.45) is 0. The van der Waals surface area contributed by atoms with Crippen LogP contribution in [0.3, 0.4) is 0 Å². The Kier molecular flexibility index (Phi) is 4.79. The Balaban J connectivity index is 1.87. The van der Waals surface area contributed by atoms with Crippen molar-refractivity contribution in [1.82, 2.24) is 9.29 Å². The van der Waals surface area contributed by atoms with E-state index in [0.29, 0.717) is 17.9 Å². The van der Waals surface area contributed by atoms with Crippen LogP contribution in [0.4, 0.5) is 10.2 Å². The number of hydrogen-bond acceptors (Lipinski definition) is 4. The van der Waals surface area contributed by atoms with Gasteiger partial charge in [0.15, 0.2) is 0 Å². The lowest BCUT2D eigenvalue weighted by Gasteiger charge is -2.34. The van der Waals surface area contributed by atoms with Gasteiger partial charge in [0.2, 0.25) is 0 Å². The van der Waals surface area contributed by atoms with Gasteiger partial charge in [-0.3, -0.25) is 4.72 Å². The van der Waals surface area contributed by atoms with Crippen LogP contribution in [0.2, 0.25) is 0 Å². The number of anilines is 1. The van der Waals surface area contributed by atoms with Gasteiger partial charge in [0.05, 0.1) is 19.3 Å². The van der Waals surface area contributed by atoms with Crippen LogP contribution in [0.25, 0.3) is 0 Å². The Hall–Kier alpha value is -2.03. The van der Waals surface area contributed by atoms with Gasteiger partial charge in [-0.25, -0.2) is 9.37 Å². The molecular formula is C16H18FN3O3S. The monoisotopic (exact) mass is 351 g/mol. The number of morpholine rings is 1. The van der Waals surface area contributed by atoms with Crippen molar-refractivity contribution in [3.05, 3.63) is 59.5 Å². The van der Waals surface area contributed by atoms with Crippen molar-refractivity contribution in [2.75, 3.05) is 24.5 Å². The molecule has 1 aromatic carbocycles. The summed E-state index contributed by atoms with van der Waals surface area (Å²) >= 11 is 0. The van der Waals surface area contributed by atoms with E-state index >= 15 is 0 Å². The standard InChI is InChI=1S/C16H18FN3O3S/c1-12-3-2-4-16(18-12)19-24(21,22)20-9-10-23-11-15(20)13-5-7-14(17)8-6-13/h2-8,15H,9-11H2,1H3,(H,18,19). The second-order valence-corrected chi connectivity index (χ2v) is 7.15. The third-order valence-corrected chi connectivity index (χ3v) is 5.29. The number of pyridine rings is 1. The summed E-state index contributed by atoms with van der Waals surface area (Å²) in [5, 5.41) is 0. The van der Waals surface area contributed by atoms with E-state index < -0.39 is 16.3 Å². The van der Waals surface area contributed by atoms with E-state index in [9.17, 15) is 12.8 Å². The maximum Gasteiger partial charge on any atom is 0.303 e. The van der Waals surface area contributed by atoms with Gasteiger partial charge in [-0.15, -0.1) is 0 Å². The highest BCUT2D eigenvalue weighted by molar-refractivity contribution is 7.90. The lowest BCUT2D eigenvalue weighted by Crippen LogP contribution is -2.45. The fraction of sp³-hybridized carbons (Fsp3) is 0.312. The summed E-state index contributed by atoms with van der Waals surface area (Å²) in [5.74, 6) is -0.105. The zero-order valence-corrected chi connectivity index (χ0v) is 14.0. The smallest absolute Gasteiger partial charge is 0.303 e. The highest BCUT2D eigenvalue weighted by atomic mass is 32.2. The molecule has 1 aliphatic heterocycles. The van der Waals surface area contributed by atoms with E-state index in [1.807, 2.05) is 0 Å². The molecule has 1 fully saturated rings. The first-order valence-electron chi connectivity index (χ1n) is 7.52. The molecule has 0 amide bonds. The van der Waals surface area contributed by atoms with Crippen LogP contribution in [0, 0.1) is 12.7 Å². The van der Waals surface area contributed by atoms with Crippen LogP contribution in [0.15, 0.2) is 42.5 Å². The van der Waals surface area contributed by atoms with E-state index in [1.165, 1.54) is 16.4 Å². The minimum atomic E-state index is -3.81. The Morgan fingerprint density at radius 3 is 2.71 bits per heavy atom. The third-order valence-electron chi connectivity index (χ3n) is 3.76. The number of rotatable bonds is 4. The Morgan fingerprint density at radius 2 is 2.00 bits per heavy atom. The van der Waals surface area contributed by atoms with Crippen LogP contribution in [-0.4, -0.2) is 37.5 Å². The number of hydrogen-bond donors (Lipinski definition) is 1. The first-order chi connectivity index (χ1) is 11.5. The number of aryl methyl sites for hydroxylation is 1. The van der Waals surface area contributed by atoms with Crippen LogP contribution in [-0.2, 0) is 14.9 Å². The van der Waals surface area contributed by atoms with Crippen molar-refractivity contribution in [3.8, 4) is 0 Å². The average molecular weight is 351 g/mol. The van der Waals surface area contributed by atoms with Crippen LogP contribution in [0.1, 0.15) is 17.3 Å². The summed E-state index contributed by atoms with van der Waals surface area (Å²) in [5.41, 5.74) is 1.39. The van der Waals surface area contributed by atoms with Gasteiger partial charge >= 0.3 is 10.2 Å². The lowest BCUT2D eigenvalue weighted by molar-refractivity contribution is 0.0323. The molecule has 2 aromatic rings. The van der Waals surface area contributed by atoms with Crippen molar-refractivity contribution in [1.29, 1.82) is 0 Å². The Bertz CT molecular complexity index is 812. The second kappa shape index (κ2) is 6.84. The first-order valence-corrected chi connectivity index (χ1v) is 8.96. The normalized spacial score (nSPS) is 19.2. The molecule has 24 heavy (non-hydrogen) atoms. The van der Waals surface area contributed by atoms with Crippen molar-refractivity contribution < 1.29 is 17.5 Å². The summed E-state index contributed by atoms with van der Waals surface area (Å²) < 4.78 is 47.9. The van der Waals surface area contributed by atoms with Gasteiger partial charge in [0.1, 0.15) is 11.6 Å². The molecule has 1 atom stereocenters. The minimum Gasteiger partial charge on any atom is -0.378 e. The topological polar surface area (TPSA) is 71.5 Å². The zero-order valence-electron chi connectivity index (χ0n) is 13.1. The Labute approximate surface area is 140 Å². The van der Waals surface area contributed by atoms with Gasteiger partial charge < -0.3 is 4.74 Å². The molecular weight excluding hydrogens is 333 g/mol. The molecule has 8 heteroatoms. The summed E-state index contributed by atoms with van der Waals surface area (Å²) in [6, 6.07) is 10.4.